The summed E-state index contributed by atoms with van der Waals surface area (Å²) in [5, 5.41) is 0. The zero-order valence-electron chi connectivity index (χ0n) is 18.6. The molecule has 0 radical (unpaired) electrons. The maximum atomic E-state index is 11.7. The van der Waals surface area contributed by atoms with Gasteiger partial charge in [-0.3, -0.25) is 24.6 Å². The Balaban J connectivity index is 1.79. The van der Waals surface area contributed by atoms with E-state index in [1.165, 1.54) is 33.5 Å². The van der Waals surface area contributed by atoms with Gasteiger partial charge in [-0.2, -0.15) is 0 Å². The van der Waals surface area contributed by atoms with Crippen molar-refractivity contribution in [2.24, 2.45) is 0 Å². The Morgan fingerprint density at radius 3 is 1.30 bits per heavy atom. The number of aromatic nitrogens is 3. The van der Waals surface area contributed by atoms with Crippen LogP contribution in [0.4, 0.5) is 0 Å². The summed E-state index contributed by atoms with van der Waals surface area (Å²) in [4.78, 5) is 50.0. The second-order valence-electron chi connectivity index (χ2n) is 7.30. The van der Waals surface area contributed by atoms with E-state index in [1.54, 1.807) is 36.5 Å². The predicted octanol–water partition coefficient (Wildman–Crippen LogP) is 2.85. The minimum absolute atomic E-state index is 0.0457. The molecular formula is C24H24N4O5. The van der Waals surface area contributed by atoms with Crippen LogP contribution in [-0.2, 0) is 29.1 Å². The molecule has 33 heavy (non-hydrogen) atoms. The third-order valence-electron chi connectivity index (χ3n) is 4.88. The molecule has 0 unspecified atom stereocenters. The topological polar surface area (TPSA) is 112 Å². The summed E-state index contributed by atoms with van der Waals surface area (Å²) < 4.78 is 9.43. The zero-order chi connectivity index (χ0) is 23.8. The van der Waals surface area contributed by atoms with E-state index in [4.69, 9.17) is 9.47 Å². The highest BCUT2D eigenvalue weighted by Gasteiger charge is 2.14. The maximum absolute atomic E-state index is 11.7. The van der Waals surface area contributed by atoms with Crippen LogP contribution in [0.2, 0.25) is 0 Å². The number of pyridine rings is 3. The number of ketones is 1. The van der Waals surface area contributed by atoms with E-state index >= 15 is 0 Å². The van der Waals surface area contributed by atoms with E-state index in [1.807, 2.05) is 6.07 Å². The molecule has 170 valence electrons. The van der Waals surface area contributed by atoms with Crippen molar-refractivity contribution >= 4 is 17.7 Å². The molecule has 0 aliphatic rings. The Labute approximate surface area is 191 Å². The lowest BCUT2D eigenvalue weighted by Gasteiger charge is -2.21. The van der Waals surface area contributed by atoms with Crippen molar-refractivity contribution in [2.75, 3.05) is 14.2 Å². The first-order valence-electron chi connectivity index (χ1n) is 10.1. The molecule has 0 amide bonds. The van der Waals surface area contributed by atoms with Crippen LogP contribution in [0, 0.1) is 0 Å². The van der Waals surface area contributed by atoms with Gasteiger partial charge in [0, 0.05) is 43.8 Å². The van der Waals surface area contributed by atoms with Gasteiger partial charge in [-0.25, -0.2) is 9.59 Å². The van der Waals surface area contributed by atoms with Crippen LogP contribution in [0.15, 0.2) is 55.0 Å². The summed E-state index contributed by atoms with van der Waals surface area (Å²) in [6.45, 7) is 2.88. The van der Waals surface area contributed by atoms with Gasteiger partial charge < -0.3 is 9.47 Å². The summed E-state index contributed by atoms with van der Waals surface area (Å²) in [6.07, 6.45) is 4.51. The fourth-order valence-corrected chi connectivity index (χ4v) is 3.09. The third-order valence-corrected chi connectivity index (χ3v) is 4.88. The highest BCUT2D eigenvalue weighted by atomic mass is 16.5. The molecule has 9 heteroatoms. The molecule has 0 aliphatic heterocycles. The lowest BCUT2D eigenvalue weighted by atomic mass is 10.2. The Bertz CT molecular complexity index is 1050. The largest absolute Gasteiger partial charge is 0.465 e. The second kappa shape index (κ2) is 11.1. The normalized spacial score (nSPS) is 10.7. The molecule has 9 nitrogen and oxygen atoms in total. The molecule has 0 saturated carbocycles. The molecule has 0 bridgehead atoms. The number of Topliss-reactive ketones (excluding diaryl/α,β-unsaturated/α-hetero) is 1. The average molecular weight is 448 g/mol. The van der Waals surface area contributed by atoms with Crippen molar-refractivity contribution in [1.82, 2.24) is 19.9 Å². The van der Waals surface area contributed by atoms with Crippen molar-refractivity contribution in [2.45, 2.75) is 26.6 Å². The number of hydrogen-bond acceptors (Lipinski definition) is 9. The van der Waals surface area contributed by atoms with Gasteiger partial charge in [-0.1, -0.05) is 0 Å². The summed E-state index contributed by atoms with van der Waals surface area (Å²) >= 11 is 0. The predicted molar refractivity (Wildman–Crippen MR) is 118 cm³/mol. The van der Waals surface area contributed by atoms with Crippen LogP contribution < -0.4 is 0 Å². The Kier molecular flexibility index (Phi) is 7.93. The van der Waals surface area contributed by atoms with Crippen molar-refractivity contribution in [3.8, 4) is 0 Å². The first kappa shape index (κ1) is 23.7. The lowest BCUT2D eigenvalue weighted by molar-refractivity contribution is 0.0591. The van der Waals surface area contributed by atoms with E-state index in [-0.39, 0.29) is 5.78 Å². The smallest absolute Gasteiger partial charge is 0.339 e. The van der Waals surface area contributed by atoms with Crippen molar-refractivity contribution in [3.05, 3.63) is 88.8 Å². The second-order valence-corrected chi connectivity index (χ2v) is 7.30. The first-order chi connectivity index (χ1) is 15.9. The minimum Gasteiger partial charge on any atom is -0.465 e. The molecular weight excluding hydrogens is 424 g/mol. The van der Waals surface area contributed by atoms with E-state index < -0.39 is 11.9 Å². The van der Waals surface area contributed by atoms with E-state index in [2.05, 4.69) is 19.9 Å². The van der Waals surface area contributed by atoms with Crippen LogP contribution in [0.25, 0.3) is 0 Å². The molecule has 3 heterocycles. The highest BCUT2D eigenvalue weighted by Crippen LogP contribution is 2.13. The monoisotopic (exact) mass is 448 g/mol. The fourth-order valence-electron chi connectivity index (χ4n) is 3.09. The zero-order valence-corrected chi connectivity index (χ0v) is 18.6. The number of esters is 2. The van der Waals surface area contributed by atoms with E-state index in [9.17, 15) is 14.4 Å². The molecule has 0 fully saturated rings. The van der Waals surface area contributed by atoms with Crippen LogP contribution >= 0.6 is 0 Å². The van der Waals surface area contributed by atoms with Crippen LogP contribution in [-0.4, -0.2) is 51.8 Å². The fraction of sp³-hybridized carbons (Fsp3) is 0.250. The number of carbonyl (C=O) groups excluding carboxylic acids is 3. The van der Waals surface area contributed by atoms with Gasteiger partial charge in [0.2, 0.25) is 0 Å². The third kappa shape index (κ3) is 6.50. The Morgan fingerprint density at radius 2 is 1.03 bits per heavy atom. The highest BCUT2D eigenvalue weighted by molar-refractivity contribution is 5.93. The number of methoxy groups -OCH3 is 2. The van der Waals surface area contributed by atoms with Gasteiger partial charge in [0.05, 0.1) is 42.4 Å². The summed E-state index contributed by atoms with van der Waals surface area (Å²) in [6, 6.07) is 10.4. The molecule has 3 aromatic rings. The van der Waals surface area contributed by atoms with Crippen molar-refractivity contribution in [3.63, 3.8) is 0 Å². The molecule has 0 spiro atoms. The Hall–Kier alpha value is -3.98. The molecule has 0 aromatic carbocycles. The van der Waals surface area contributed by atoms with Crippen LogP contribution in [0.3, 0.4) is 0 Å². The van der Waals surface area contributed by atoms with Gasteiger partial charge in [-0.05, 0) is 43.3 Å². The molecule has 3 aromatic heterocycles. The van der Waals surface area contributed by atoms with Gasteiger partial charge in [0.1, 0.15) is 0 Å². The maximum Gasteiger partial charge on any atom is 0.339 e. The first-order valence-corrected chi connectivity index (χ1v) is 10.1. The van der Waals surface area contributed by atoms with Gasteiger partial charge in [0.15, 0.2) is 5.78 Å². The molecule has 3 rings (SSSR count). The lowest BCUT2D eigenvalue weighted by Crippen LogP contribution is -2.24. The molecule has 0 N–H and O–H groups in total. The number of rotatable bonds is 9. The number of carbonyl (C=O) groups is 3. The van der Waals surface area contributed by atoms with Gasteiger partial charge in [0.25, 0.3) is 0 Å². The van der Waals surface area contributed by atoms with Crippen molar-refractivity contribution < 1.29 is 23.9 Å². The summed E-state index contributed by atoms with van der Waals surface area (Å²) in [7, 11) is 2.64. The van der Waals surface area contributed by atoms with Gasteiger partial charge in [-0.15, -0.1) is 0 Å². The van der Waals surface area contributed by atoms with Gasteiger partial charge >= 0.3 is 11.9 Å². The molecule has 0 saturated heterocycles. The Morgan fingerprint density at radius 1 is 0.667 bits per heavy atom. The van der Waals surface area contributed by atoms with Crippen LogP contribution in [0.5, 0.6) is 0 Å². The molecule has 0 aliphatic carbocycles. The van der Waals surface area contributed by atoms with E-state index in [0.29, 0.717) is 36.3 Å². The number of hydrogen-bond donors (Lipinski definition) is 0. The molecule has 0 atom stereocenters. The summed E-state index contributed by atoms with van der Waals surface area (Å²) in [5.41, 5.74) is 3.55. The number of nitrogens with zero attached hydrogens (tertiary/aromatic N) is 4. The number of ether oxygens (including phenoxy) is 2. The van der Waals surface area contributed by atoms with Crippen LogP contribution in [0.1, 0.15) is 55.1 Å². The minimum atomic E-state index is -0.449. The SMILES string of the molecule is COC(=O)c1ccc(CN(Cc2ccc(C(C)=O)cn2)Cc2ccc(C(=O)OC)cn2)nc1. The van der Waals surface area contributed by atoms with Crippen molar-refractivity contribution in [1.29, 1.82) is 0 Å². The standard InChI is InChI=1S/C24H24N4O5/c1-16(29)17-4-7-20(25-10-17)13-28(14-21-8-5-18(11-26-21)23(30)32-2)15-22-9-6-19(12-27-22)24(31)33-3/h4-12H,13-15H2,1-3H3. The van der Waals surface area contributed by atoms with E-state index in [0.717, 1.165) is 17.1 Å². The average Bonchev–Trinajstić information content (AvgIpc) is 2.84. The quantitative estimate of drug-likeness (QED) is 0.360. The summed E-state index contributed by atoms with van der Waals surface area (Å²) in [5.74, 6) is -0.943.